The van der Waals surface area contributed by atoms with E-state index >= 15 is 0 Å². The molecule has 2 amide bonds. The summed E-state index contributed by atoms with van der Waals surface area (Å²) < 4.78 is 10.4. The molecule has 0 saturated heterocycles. The SMILES string of the molecule is COC(=O)c1ccc([C@@H]2C(C#N)=C(SCC(=O)Nc3ccc(Br)cc3C)NC(=O)[C@@H]2C(=O)OC)cc1. The van der Waals surface area contributed by atoms with E-state index in [4.69, 9.17) is 9.47 Å². The molecule has 1 heterocycles. The summed E-state index contributed by atoms with van der Waals surface area (Å²) >= 11 is 4.35. The van der Waals surface area contributed by atoms with Crippen LogP contribution in [0.15, 0.2) is 57.5 Å². The second-order valence-electron chi connectivity index (χ2n) is 7.73. The zero-order chi connectivity index (χ0) is 26.4. The number of nitrogens with one attached hydrogen (secondary N) is 2. The Bertz CT molecular complexity index is 1290. The number of thioether (sulfide) groups is 1. The Morgan fingerprint density at radius 3 is 2.42 bits per heavy atom. The molecule has 0 bridgehead atoms. The van der Waals surface area contributed by atoms with Gasteiger partial charge < -0.3 is 20.1 Å². The van der Waals surface area contributed by atoms with Gasteiger partial charge in [-0.1, -0.05) is 39.8 Å². The number of anilines is 1. The Kier molecular flexibility index (Phi) is 8.90. The number of ether oxygens (including phenoxy) is 2. The minimum atomic E-state index is -1.32. The number of hydrogen-bond donors (Lipinski definition) is 2. The van der Waals surface area contributed by atoms with Crippen molar-refractivity contribution in [2.24, 2.45) is 5.92 Å². The number of nitrogens with zero attached hydrogens (tertiary/aromatic N) is 1. The zero-order valence-electron chi connectivity index (χ0n) is 19.6. The molecule has 2 aromatic carbocycles. The molecule has 0 aliphatic carbocycles. The highest BCUT2D eigenvalue weighted by molar-refractivity contribution is 9.10. The largest absolute Gasteiger partial charge is 0.468 e. The van der Waals surface area contributed by atoms with E-state index in [0.29, 0.717) is 11.3 Å². The van der Waals surface area contributed by atoms with Crippen LogP contribution in [0.3, 0.4) is 0 Å². The molecular weight excluding hydrogens is 550 g/mol. The van der Waals surface area contributed by atoms with E-state index in [9.17, 15) is 24.4 Å². The maximum Gasteiger partial charge on any atom is 0.337 e. The number of hydrogen-bond acceptors (Lipinski definition) is 8. The minimum Gasteiger partial charge on any atom is -0.468 e. The molecule has 0 spiro atoms. The predicted molar refractivity (Wildman–Crippen MR) is 137 cm³/mol. The quantitative estimate of drug-likeness (QED) is 0.379. The summed E-state index contributed by atoms with van der Waals surface area (Å²) in [6, 6.07) is 13.6. The number of aryl methyl sites for hydroxylation is 1. The van der Waals surface area contributed by atoms with E-state index in [0.717, 1.165) is 28.9 Å². The molecule has 1 aliphatic heterocycles. The maximum atomic E-state index is 12.9. The first kappa shape index (κ1) is 27.0. The summed E-state index contributed by atoms with van der Waals surface area (Å²) in [5.74, 6) is -4.73. The summed E-state index contributed by atoms with van der Waals surface area (Å²) in [5.41, 5.74) is 2.33. The Hall–Kier alpha value is -3.62. The van der Waals surface area contributed by atoms with Gasteiger partial charge in [0.1, 0.15) is 5.92 Å². The van der Waals surface area contributed by atoms with E-state index in [1.54, 1.807) is 24.3 Å². The number of esters is 2. The summed E-state index contributed by atoms with van der Waals surface area (Å²) in [7, 11) is 2.41. The van der Waals surface area contributed by atoms with Crippen molar-refractivity contribution in [3.8, 4) is 6.07 Å². The van der Waals surface area contributed by atoms with Crippen LogP contribution in [0, 0.1) is 24.2 Å². The standard InChI is InChI=1S/C25H22BrN3O6S/c1-13-10-16(26)8-9-18(13)28-19(30)12-36-23-17(11-27)20(21(22(31)29-23)25(33)35-3)14-4-6-15(7-5-14)24(32)34-2/h4-10,20-21H,12H2,1-3H3,(H,28,30)(H,29,31)/t20-,21-/m1/s1. The first-order valence-electron chi connectivity index (χ1n) is 10.6. The lowest BCUT2D eigenvalue weighted by Gasteiger charge is -2.31. The normalized spacial score (nSPS) is 17.0. The van der Waals surface area contributed by atoms with Gasteiger partial charge in [0, 0.05) is 16.1 Å². The van der Waals surface area contributed by atoms with Crippen LogP contribution in [0.1, 0.15) is 27.4 Å². The third-order valence-corrected chi connectivity index (χ3v) is 7.00. The van der Waals surface area contributed by atoms with Crippen molar-refractivity contribution in [1.82, 2.24) is 5.32 Å². The van der Waals surface area contributed by atoms with Crippen LogP contribution in [0.5, 0.6) is 0 Å². The molecule has 36 heavy (non-hydrogen) atoms. The number of benzene rings is 2. The molecule has 186 valence electrons. The molecule has 0 unspecified atom stereocenters. The van der Waals surface area contributed by atoms with Gasteiger partial charge in [0.05, 0.1) is 42.2 Å². The first-order chi connectivity index (χ1) is 17.2. The van der Waals surface area contributed by atoms with Gasteiger partial charge in [-0.15, -0.1) is 0 Å². The van der Waals surface area contributed by atoms with Crippen LogP contribution in [0.25, 0.3) is 0 Å². The van der Waals surface area contributed by atoms with Gasteiger partial charge >= 0.3 is 11.9 Å². The number of rotatable bonds is 7. The molecular formula is C25H22BrN3O6S. The molecule has 2 aromatic rings. The number of methoxy groups -OCH3 is 2. The Labute approximate surface area is 220 Å². The average molecular weight is 572 g/mol. The number of carbonyl (C=O) groups is 4. The van der Waals surface area contributed by atoms with Gasteiger partial charge in [0.25, 0.3) is 0 Å². The fraction of sp³-hybridized carbons (Fsp3) is 0.240. The lowest BCUT2D eigenvalue weighted by atomic mass is 9.78. The van der Waals surface area contributed by atoms with Crippen LogP contribution < -0.4 is 10.6 Å². The van der Waals surface area contributed by atoms with Crippen molar-refractivity contribution in [3.63, 3.8) is 0 Å². The number of carbonyl (C=O) groups excluding carboxylic acids is 4. The van der Waals surface area contributed by atoms with Crippen molar-refractivity contribution in [2.45, 2.75) is 12.8 Å². The van der Waals surface area contributed by atoms with E-state index in [1.807, 2.05) is 13.0 Å². The molecule has 2 atom stereocenters. The highest BCUT2D eigenvalue weighted by Gasteiger charge is 2.44. The fourth-order valence-corrected chi connectivity index (χ4v) is 5.04. The third-order valence-electron chi connectivity index (χ3n) is 5.48. The first-order valence-corrected chi connectivity index (χ1v) is 12.4. The topological polar surface area (TPSA) is 135 Å². The van der Waals surface area contributed by atoms with Crippen LogP contribution in [0.2, 0.25) is 0 Å². The van der Waals surface area contributed by atoms with E-state index < -0.39 is 29.7 Å². The number of halogens is 1. The van der Waals surface area contributed by atoms with Crippen LogP contribution in [0.4, 0.5) is 5.69 Å². The van der Waals surface area contributed by atoms with Crippen LogP contribution >= 0.6 is 27.7 Å². The van der Waals surface area contributed by atoms with Crippen molar-refractivity contribution in [1.29, 1.82) is 5.26 Å². The maximum absolute atomic E-state index is 12.9. The zero-order valence-corrected chi connectivity index (χ0v) is 22.0. The van der Waals surface area contributed by atoms with E-state index in [1.165, 1.54) is 19.2 Å². The van der Waals surface area contributed by atoms with Crippen LogP contribution in [-0.2, 0) is 23.9 Å². The van der Waals surface area contributed by atoms with Crippen molar-refractivity contribution >= 4 is 57.1 Å². The fourth-order valence-electron chi connectivity index (χ4n) is 3.72. The molecule has 9 nitrogen and oxygen atoms in total. The van der Waals surface area contributed by atoms with Crippen molar-refractivity contribution in [2.75, 3.05) is 25.3 Å². The van der Waals surface area contributed by atoms with Gasteiger partial charge in [-0.3, -0.25) is 14.4 Å². The monoisotopic (exact) mass is 571 g/mol. The molecule has 1 aliphatic rings. The van der Waals surface area contributed by atoms with E-state index in [-0.39, 0.29) is 27.8 Å². The molecule has 0 aromatic heterocycles. The minimum absolute atomic E-state index is 0.0901. The smallest absolute Gasteiger partial charge is 0.337 e. The molecule has 0 saturated carbocycles. The van der Waals surface area contributed by atoms with Gasteiger partial charge in [-0.25, -0.2) is 4.79 Å². The lowest BCUT2D eigenvalue weighted by molar-refractivity contribution is -0.150. The van der Waals surface area contributed by atoms with Gasteiger partial charge in [0.2, 0.25) is 11.8 Å². The summed E-state index contributed by atoms with van der Waals surface area (Å²) in [6.45, 7) is 1.86. The van der Waals surface area contributed by atoms with Gasteiger partial charge in [0.15, 0.2) is 0 Å². The lowest BCUT2D eigenvalue weighted by Crippen LogP contribution is -2.44. The molecule has 0 fully saturated rings. The Balaban J connectivity index is 1.91. The average Bonchev–Trinajstić information content (AvgIpc) is 2.87. The summed E-state index contributed by atoms with van der Waals surface area (Å²) in [6.07, 6.45) is 0. The number of nitriles is 1. The second-order valence-corrected chi connectivity index (χ2v) is 9.63. The van der Waals surface area contributed by atoms with Crippen LogP contribution in [-0.4, -0.2) is 43.7 Å². The highest BCUT2D eigenvalue weighted by atomic mass is 79.9. The number of allylic oxidation sites excluding steroid dienone is 1. The molecule has 2 N–H and O–H groups in total. The van der Waals surface area contributed by atoms with Crippen molar-refractivity contribution in [3.05, 3.63) is 74.2 Å². The third kappa shape index (κ3) is 5.95. The number of amides is 2. The van der Waals surface area contributed by atoms with Gasteiger partial charge in [-0.2, -0.15) is 5.26 Å². The Morgan fingerprint density at radius 2 is 1.83 bits per heavy atom. The predicted octanol–water partition coefficient (Wildman–Crippen LogP) is 3.65. The van der Waals surface area contributed by atoms with E-state index in [2.05, 4.69) is 32.6 Å². The summed E-state index contributed by atoms with van der Waals surface area (Å²) in [5, 5.41) is 15.6. The summed E-state index contributed by atoms with van der Waals surface area (Å²) in [4.78, 5) is 49.8. The van der Waals surface area contributed by atoms with Gasteiger partial charge in [-0.05, 0) is 48.4 Å². The molecule has 11 heteroatoms. The molecule has 3 rings (SSSR count). The second kappa shape index (κ2) is 11.9. The molecule has 0 radical (unpaired) electrons. The van der Waals surface area contributed by atoms with Crippen molar-refractivity contribution < 1.29 is 28.7 Å². The Morgan fingerprint density at radius 1 is 1.14 bits per heavy atom. The highest BCUT2D eigenvalue weighted by Crippen LogP contribution is 2.40.